The Morgan fingerprint density at radius 1 is 1.20 bits per heavy atom. The van der Waals surface area contributed by atoms with Gasteiger partial charge in [-0.3, -0.25) is 4.72 Å². The first-order chi connectivity index (χ1) is 9.33. The lowest BCUT2D eigenvalue weighted by Gasteiger charge is -2.12. The molecule has 0 atom stereocenters. The molecule has 1 heterocycles. The molecule has 0 aliphatic heterocycles. The fourth-order valence-corrected chi connectivity index (χ4v) is 3.10. The maximum atomic E-state index is 12.1. The molecule has 1 aromatic heterocycles. The summed E-state index contributed by atoms with van der Waals surface area (Å²) < 4.78 is 26.3. The maximum Gasteiger partial charge on any atom is 0.339 e. The third kappa shape index (κ3) is 2.74. The number of aromatic carboxylic acids is 1. The van der Waals surface area contributed by atoms with Crippen LogP contribution in [0.2, 0.25) is 10.0 Å². The zero-order chi connectivity index (χ0) is 14.9. The van der Waals surface area contributed by atoms with Gasteiger partial charge in [0.05, 0.1) is 15.7 Å². The summed E-state index contributed by atoms with van der Waals surface area (Å²) in [4.78, 5) is 13.7. The molecule has 0 saturated carbocycles. The molecule has 0 unspecified atom stereocenters. The van der Waals surface area contributed by atoms with Crippen molar-refractivity contribution >= 4 is 44.9 Å². The van der Waals surface area contributed by atoms with E-state index in [1.807, 2.05) is 0 Å². The molecular formula is C11H8Cl2N2O4S. The lowest BCUT2D eigenvalue weighted by atomic mass is 10.2. The molecule has 0 aliphatic rings. The van der Waals surface area contributed by atoms with Gasteiger partial charge in [-0.05, 0) is 18.2 Å². The van der Waals surface area contributed by atoms with E-state index in [1.165, 1.54) is 30.6 Å². The predicted octanol–water partition coefficient (Wildman–Crippen LogP) is 2.82. The van der Waals surface area contributed by atoms with E-state index in [2.05, 4.69) is 9.71 Å². The number of carbonyl (C=O) groups is 1. The Bertz CT molecular complexity index is 757. The topological polar surface area (TPSA) is 99.3 Å². The summed E-state index contributed by atoms with van der Waals surface area (Å²) in [5.41, 5.74) is -0.675. The van der Waals surface area contributed by atoms with Gasteiger partial charge in [0, 0.05) is 12.4 Å². The Hall–Kier alpha value is -1.70. The van der Waals surface area contributed by atoms with Crippen molar-refractivity contribution in [2.45, 2.75) is 4.90 Å². The molecule has 9 heteroatoms. The van der Waals surface area contributed by atoms with Crippen molar-refractivity contribution in [2.24, 2.45) is 0 Å². The molecule has 2 rings (SSSR count). The van der Waals surface area contributed by atoms with Crippen molar-refractivity contribution in [1.29, 1.82) is 0 Å². The van der Waals surface area contributed by atoms with E-state index in [-0.39, 0.29) is 20.6 Å². The monoisotopic (exact) mass is 334 g/mol. The maximum absolute atomic E-state index is 12.1. The second kappa shape index (κ2) is 5.35. The normalized spacial score (nSPS) is 11.3. The molecule has 106 valence electrons. The van der Waals surface area contributed by atoms with E-state index in [0.29, 0.717) is 0 Å². The van der Waals surface area contributed by atoms with Gasteiger partial charge in [-0.25, -0.2) is 13.2 Å². The average Bonchev–Trinajstić information content (AvgIpc) is 2.87. The highest BCUT2D eigenvalue weighted by Crippen LogP contribution is 2.33. The van der Waals surface area contributed by atoms with Crippen LogP contribution in [0.1, 0.15) is 10.4 Å². The first kappa shape index (κ1) is 14.7. The minimum atomic E-state index is -3.95. The Kier molecular flexibility index (Phi) is 3.94. The van der Waals surface area contributed by atoms with Gasteiger partial charge < -0.3 is 10.1 Å². The number of hydrogen-bond acceptors (Lipinski definition) is 3. The van der Waals surface area contributed by atoms with Crippen molar-refractivity contribution in [1.82, 2.24) is 4.98 Å². The number of carboxylic acids is 1. The number of nitrogens with one attached hydrogen (secondary N) is 2. The summed E-state index contributed by atoms with van der Waals surface area (Å²) in [6, 6.07) is 3.91. The molecule has 0 radical (unpaired) electrons. The van der Waals surface area contributed by atoms with Crippen molar-refractivity contribution < 1.29 is 18.3 Å². The van der Waals surface area contributed by atoms with Crippen molar-refractivity contribution in [3.05, 3.63) is 46.2 Å². The van der Waals surface area contributed by atoms with Gasteiger partial charge in [0.25, 0.3) is 10.0 Å². The molecule has 3 N–H and O–H groups in total. The van der Waals surface area contributed by atoms with Gasteiger partial charge in [-0.15, -0.1) is 0 Å². The lowest BCUT2D eigenvalue weighted by molar-refractivity contribution is 0.0698. The van der Waals surface area contributed by atoms with E-state index in [4.69, 9.17) is 28.3 Å². The van der Waals surface area contributed by atoms with Crippen LogP contribution < -0.4 is 4.72 Å². The Morgan fingerprint density at radius 2 is 1.85 bits per heavy atom. The second-order valence-corrected chi connectivity index (χ2v) is 6.23. The van der Waals surface area contributed by atoms with Crippen LogP contribution in [-0.2, 0) is 10.0 Å². The smallest absolute Gasteiger partial charge is 0.339 e. The molecule has 2 aromatic rings. The number of anilines is 1. The van der Waals surface area contributed by atoms with Gasteiger partial charge in [-0.1, -0.05) is 23.2 Å². The van der Waals surface area contributed by atoms with E-state index < -0.39 is 21.6 Å². The average molecular weight is 335 g/mol. The number of H-pyrrole nitrogens is 1. The van der Waals surface area contributed by atoms with E-state index in [9.17, 15) is 13.2 Å². The zero-order valence-electron chi connectivity index (χ0n) is 9.72. The molecule has 0 aliphatic carbocycles. The first-order valence-electron chi connectivity index (χ1n) is 5.20. The van der Waals surface area contributed by atoms with Gasteiger partial charge >= 0.3 is 5.97 Å². The SMILES string of the molecule is O=C(O)c1c(Cl)ccc(Cl)c1NS(=O)(=O)c1cc[nH]c1. The van der Waals surface area contributed by atoms with Gasteiger partial charge in [-0.2, -0.15) is 0 Å². The fraction of sp³-hybridized carbons (Fsp3) is 0. The van der Waals surface area contributed by atoms with E-state index >= 15 is 0 Å². The summed E-state index contributed by atoms with van der Waals surface area (Å²) in [7, 11) is -3.95. The van der Waals surface area contributed by atoms with Gasteiger partial charge in [0.2, 0.25) is 0 Å². The van der Waals surface area contributed by atoms with Gasteiger partial charge in [0.15, 0.2) is 0 Å². The highest BCUT2D eigenvalue weighted by Gasteiger charge is 2.23. The molecular weight excluding hydrogens is 327 g/mol. The summed E-state index contributed by atoms with van der Waals surface area (Å²) in [6.07, 6.45) is 2.67. The lowest BCUT2D eigenvalue weighted by Crippen LogP contribution is -2.15. The Morgan fingerprint density at radius 3 is 2.40 bits per heavy atom. The van der Waals surface area contributed by atoms with Crippen LogP contribution in [0.3, 0.4) is 0 Å². The number of sulfonamides is 1. The number of rotatable bonds is 4. The number of halogens is 2. The first-order valence-corrected chi connectivity index (χ1v) is 7.44. The standard InChI is InChI=1S/C11H8Cl2N2O4S/c12-7-1-2-8(13)10(9(7)11(16)17)15-20(18,19)6-3-4-14-5-6/h1-5,14-15H,(H,16,17). The minimum Gasteiger partial charge on any atom is -0.478 e. The van der Waals surface area contributed by atoms with Crippen LogP contribution in [0.15, 0.2) is 35.5 Å². The van der Waals surface area contributed by atoms with E-state index in [0.717, 1.165) is 0 Å². The highest BCUT2D eigenvalue weighted by molar-refractivity contribution is 7.92. The van der Waals surface area contributed by atoms with Crippen LogP contribution in [0, 0.1) is 0 Å². The van der Waals surface area contributed by atoms with Crippen LogP contribution in [0.5, 0.6) is 0 Å². The number of benzene rings is 1. The van der Waals surface area contributed by atoms with E-state index in [1.54, 1.807) is 0 Å². The fourth-order valence-electron chi connectivity index (χ4n) is 1.53. The molecule has 6 nitrogen and oxygen atoms in total. The molecule has 0 amide bonds. The summed E-state index contributed by atoms with van der Waals surface area (Å²) in [5, 5.41) is 8.93. The van der Waals surface area contributed by atoms with Crippen molar-refractivity contribution in [3.8, 4) is 0 Å². The minimum absolute atomic E-state index is 0.0510. The van der Waals surface area contributed by atoms with Gasteiger partial charge in [0.1, 0.15) is 10.5 Å². The molecule has 1 aromatic carbocycles. The predicted molar refractivity (Wildman–Crippen MR) is 75.0 cm³/mol. The largest absolute Gasteiger partial charge is 0.478 e. The molecule has 0 saturated heterocycles. The number of carboxylic acid groups (broad SMARTS) is 1. The summed E-state index contributed by atoms with van der Waals surface area (Å²) >= 11 is 11.6. The van der Waals surface area contributed by atoms with Crippen LogP contribution in [0.25, 0.3) is 0 Å². The zero-order valence-corrected chi connectivity index (χ0v) is 12.1. The van der Waals surface area contributed by atoms with Crippen molar-refractivity contribution in [3.63, 3.8) is 0 Å². The summed E-state index contributed by atoms with van der Waals surface area (Å²) in [5.74, 6) is -1.38. The van der Waals surface area contributed by atoms with Crippen LogP contribution >= 0.6 is 23.2 Å². The Labute approximate surface area is 124 Å². The molecule has 0 bridgehead atoms. The summed E-state index contributed by atoms with van der Waals surface area (Å²) in [6.45, 7) is 0. The number of aromatic amines is 1. The van der Waals surface area contributed by atoms with Crippen LogP contribution in [-0.4, -0.2) is 24.5 Å². The van der Waals surface area contributed by atoms with Crippen LogP contribution in [0.4, 0.5) is 5.69 Å². The number of aromatic nitrogens is 1. The molecule has 20 heavy (non-hydrogen) atoms. The molecule has 0 fully saturated rings. The molecule has 0 spiro atoms. The number of hydrogen-bond donors (Lipinski definition) is 3. The third-order valence-electron chi connectivity index (χ3n) is 2.43. The quantitative estimate of drug-likeness (QED) is 0.800. The van der Waals surface area contributed by atoms with Crippen molar-refractivity contribution in [2.75, 3.05) is 4.72 Å². The highest BCUT2D eigenvalue weighted by atomic mass is 35.5. The third-order valence-corrected chi connectivity index (χ3v) is 4.41. The Balaban J connectivity index is 2.55. The second-order valence-electron chi connectivity index (χ2n) is 3.74.